The van der Waals surface area contributed by atoms with Crippen molar-refractivity contribution in [3.05, 3.63) is 83.5 Å². The van der Waals surface area contributed by atoms with Gasteiger partial charge in [-0.3, -0.25) is 4.79 Å². The quantitative estimate of drug-likeness (QED) is 0.140. The molecule has 1 aliphatic rings. The molecule has 2 atom stereocenters. The van der Waals surface area contributed by atoms with E-state index in [1.165, 1.54) is 0 Å². The van der Waals surface area contributed by atoms with E-state index in [0.29, 0.717) is 12.1 Å². The zero-order chi connectivity index (χ0) is 47.2. The summed E-state index contributed by atoms with van der Waals surface area (Å²) in [6, 6.07) is 6.29. The van der Waals surface area contributed by atoms with Crippen molar-refractivity contribution in [2.45, 2.75) is 77.0 Å². The molecule has 0 aromatic heterocycles. The molecule has 0 heterocycles. The monoisotopic (exact) mass is 924 g/mol. The third kappa shape index (κ3) is 6.49. The smallest absolute Gasteiger partial charge is 0.302 e. The molecule has 0 fully saturated rings. The maximum Gasteiger partial charge on any atom is 0.460 e. The molecule has 2 aromatic carbocycles. The van der Waals surface area contributed by atoms with Gasteiger partial charge in [0.1, 0.15) is 12.6 Å². The maximum atomic E-state index is 16.1. The Morgan fingerprint density at radius 2 is 0.833 bits per heavy atom. The SMILES string of the molecule is O=CC1=CC(C(F)(F)C(F)(F)C(F)(F)C(F)(F)C(F)(F)C(F)(F)F)C(C=O)(c2ccccc2-c2ccccc2)C=C1C(F)(F)C(F)(F)C(F)(F)C(F)(F)C(F)(F)C(F)(F)F. The second kappa shape index (κ2) is 14.3. The molecular weight excluding hydrogens is 910 g/mol. The number of benzene rings is 2. The van der Waals surface area contributed by atoms with E-state index in [2.05, 4.69) is 0 Å². The molecule has 2 aromatic rings. The van der Waals surface area contributed by atoms with Crippen molar-refractivity contribution in [1.29, 1.82) is 0 Å². The van der Waals surface area contributed by atoms with Crippen LogP contribution < -0.4 is 0 Å². The number of hydrogen-bond acceptors (Lipinski definition) is 2. The average molecular weight is 924 g/mol. The Bertz CT molecular complexity index is 2010. The van der Waals surface area contributed by atoms with Gasteiger partial charge in [0.15, 0.2) is 0 Å². The highest BCUT2D eigenvalue weighted by atomic mass is 19.4. The van der Waals surface area contributed by atoms with E-state index < -0.39 is 135 Å². The van der Waals surface area contributed by atoms with Gasteiger partial charge in [0.2, 0.25) is 0 Å². The average Bonchev–Trinajstić information content (AvgIpc) is 3.12. The molecule has 0 aliphatic heterocycles. The van der Waals surface area contributed by atoms with Gasteiger partial charge in [-0.05, 0) is 16.7 Å². The van der Waals surface area contributed by atoms with Crippen LogP contribution in [0.1, 0.15) is 5.56 Å². The lowest BCUT2D eigenvalue weighted by Gasteiger charge is -2.47. The summed E-state index contributed by atoms with van der Waals surface area (Å²) in [5.74, 6) is -89.0. The third-order valence-corrected chi connectivity index (χ3v) is 8.98. The van der Waals surface area contributed by atoms with Crippen LogP contribution in [0.5, 0.6) is 0 Å². The van der Waals surface area contributed by atoms with Gasteiger partial charge in [0.05, 0.1) is 11.3 Å². The molecule has 60 heavy (non-hydrogen) atoms. The normalized spacial score (nSPS) is 20.1. The fraction of sp³-hybridized carbons (Fsp3) is 0.438. The Labute approximate surface area is 314 Å². The fourth-order valence-electron chi connectivity index (χ4n) is 5.66. The van der Waals surface area contributed by atoms with Crippen LogP contribution in [0.15, 0.2) is 77.9 Å². The lowest BCUT2D eigenvalue weighted by molar-refractivity contribution is -0.442. The van der Waals surface area contributed by atoms with E-state index in [9.17, 15) is 88.6 Å². The van der Waals surface area contributed by atoms with E-state index in [1.54, 1.807) is 0 Å². The second-order valence-electron chi connectivity index (χ2n) is 12.5. The minimum absolute atomic E-state index is 0.0687. The first-order valence-corrected chi connectivity index (χ1v) is 15.0. The summed E-state index contributed by atoms with van der Waals surface area (Å²) in [6.07, 6.45) is -22.2. The van der Waals surface area contributed by atoms with Crippen LogP contribution in [0.3, 0.4) is 0 Å². The van der Waals surface area contributed by atoms with Crippen LogP contribution in [0.4, 0.5) is 114 Å². The van der Waals surface area contributed by atoms with Crippen LogP contribution in [0.25, 0.3) is 11.1 Å². The zero-order valence-electron chi connectivity index (χ0n) is 27.7. The topological polar surface area (TPSA) is 34.1 Å². The first kappa shape index (κ1) is 49.8. The van der Waals surface area contributed by atoms with Gasteiger partial charge < -0.3 is 4.79 Å². The Balaban J connectivity index is 2.60. The largest absolute Gasteiger partial charge is 0.460 e. The summed E-state index contributed by atoms with van der Waals surface area (Å²) in [4.78, 5) is 24.7. The summed E-state index contributed by atoms with van der Waals surface area (Å²) in [5, 5.41) is 0. The molecule has 336 valence electrons. The van der Waals surface area contributed by atoms with Gasteiger partial charge in [-0.1, -0.05) is 66.7 Å². The minimum atomic E-state index is -8.75. The van der Waals surface area contributed by atoms with Crippen molar-refractivity contribution in [3.63, 3.8) is 0 Å². The van der Waals surface area contributed by atoms with Crippen molar-refractivity contribution in [2.24, 2.45) is 5.92 Å². The van der Waals surface area contributed by atoms with Gasteiger partial charge in [-0.25, -0.2) is 0 Å². The van der Waals surface area contributed by atoms with E-state index in [4.69, 9.17) is 0 Å². The van der Waals surface area contributed by atoms with Crippen molar-refractivity contribution in [2.75, 3.05) is 0 Å². The molecule has 0 saturated carbocycles. The van der Waals surface area contributed by atoms with Gasteiger partial charge >= 0.3 is 71.6 Å². The first-order chi connectivity index (χ1) is 26.5. The molecule has 2 unspecified atom stereocenters. The number of halogens is 26. The molecule has 0 bridgehead atoms. The first-order valence-electron chi connectivity index (χ1n) is 15.0. The molecule has 0 spiro atoms. The Morgan fingerprint density at radius 3 is 1.23 bits per heavy atom. The summed E-state index contributed by atoms with van der Waals surface area (Å²) in [6.45, 7) is 0. The Kier molecular flexibility index (Phi) is 11.8. The van der Waals surface area contributed by atoms with E-state index in [1.807, 2.05) is 0 Å². The van der Waals surface area contributed by atoms with Crippen molar-refractivity contribution in [3.8, 4) is 11.1 Å². The standard InChI is InChI=1S/C32H14F26O2/c33-21(34,23(37,38)25(41,42)27(45,46)29(49,50)31(53,54)55)18-11-20(13-60,17-9-5-4-8-16(17)14-6-2-1-3-7-14)19(10-15(18)12-59)22(35,36)24(39,40)26(43,44)28(47,48)30(51,52)32(56,57)58/h1-13,19H. The summed E-state index contributed by atoms with van der Waals surface area (Å²) < 4.78 is 369. The van der Waals surface area contributed by atoms with Gasteiger partial charge in [0, 0.05) is 11.1 Å². The van der Waals surface area contributed by atoms with Crippen molar-refractivity contribution < 1.29 is 124 Å². The van der Waals surface area contributed by atoms with Crippen LogP contribution in [-0.2, 0) is 15.0 Å². The molecule has 0 radical (unpaired) electrons. The molecular formula is C32H14F26O2. The zero-order valence-corrected chi connectivity index (χ0v) is 27.7. The predicted molar refractivity (Wildman–Crippen MR) is 147 cm³/mol. The van der Waals surface area contributed by atoms with Crippen LogP contribution >= 0.6 is 0 Å². The number of alkyl halides is 26. The molecule has 0 saturated heterocycles. The number of carbonyl (C=O) groups is 2. The summed E-state index contributed by atoms with van der Waals surface area (Å²) in [5.41, 5.74) is -15.1. The Morgan fingerprint density at radius 1 is 0.450 bits per heavy atom. The third-order valence-electron chi connectivity index (χ3n) is 8.98. The highest BCUT2D eigenvalue weighted by molar-refractivity contribution is 5.88. The highest BCUT2D eigenvalue weighted by Crippen LogP contribution is 2.66. The molecule has 28 heteroatoms. The van der Waals surface area contributed by atoms with Crippen LogP contribution in [-0.4, -0.2) is 84.2 Å². The number of aldehydes is 2. The molecule has 2 nitrogen and oxygen atoms in total. The summed E-state index contributed by atoms with van der Waals surface area (Å²) in [7, 11) is 0. The van der Waals surface area contributed by atoms with E-state index >= 15 is 35.1 Å². The number of allylic oxidation sites excluding steroid dienone is 4. The molecule has 0 amide bonds. The lowest BCUT2D eigenvalue weighted by atomic mass is 9.60. The molecule has 3 rings (SSSR count). The highest BCUT2D eigenvalue weighted by Gasteiger charge is 2.93. The van der Waals surface area contributed by atoms with E-state index in [-0.39, 0.29) is 6.07 Å². The van der Waals surface area contributed by atoms with Crippen LogP contribution in [0, 0.1) is 5.92 Å². The van der Waals surface area contributed by atoms with Gasteiger partial charge in [-0.2, -0.15) is 114 Å². The molecule has 1 aliphatic carbocycles. The summed E-state index contributed by atoms with van der Waals surface area (Å²) >= 11 is 0. The van der Waals surface area contributed by atoms with Crippen molar-refractivity contribution in [1.82, 2.24) is 0 Å². The molecule has 0 N–H and O–H groups in total. The Hall–Kier alpha value is -4.56. The predicted octanol–water partition coefficient (Wildman–Crippen LogP) is 11.9. The number of rotatable bonds is 14. The van der Waals surface area contributed by atoms with Gasteiger partial charge in [0.25, 0.3) is 0 Å². The number of hydrogen-bond donors (Lipinski definition) is 0. The van der Waals surface area contributed by atoms with Gasteiger partial charge in [-0.15, -0.1) is 0 Å². The second-order valence-corrected chi connectivity index (χ2v) is 12.5. The minimum Gasteiger partial charge on any atom is -0.302 e. The van der Waals surface area contributed by atoms with Crippen LogP contribution in [0.2, 0.25) is 0 Å². The number of carbonyl (C=O) groups excluding carboxylic acids is 2. The lowest BCUT2D eigenvalue weighted by Crippen LogP contribution is -2.72. The maximum absolute atomic E-state index is 16.1. The van der Waals surface area contributed by atoms with Crippen molar-refractivity contribution >= 4 is 12.6 Å². The fourth-order valence-corrected chi connectivity index (χ4v) is 5.66. The van der Waals surface area contributed by atoms with E-state index in [0.717, 1.165) is 36.4 Å².